The Morgan fingerprint density at radius 2 is 2.00 bits per heavy atom. The van der Waals surface area contributed by atoms with Gasteiger partial charge in [0.15, 0.2) is 0 Å². The predicted molar refractivity (Wildman–Crippen MR) is 48.2 cm³/mol. The molecule has 0 amide bonds. The highest BCUT2D eigenvalue weighted by molar-refractivity contribution is 5.69. The van der Waals surface area contributed by atoms with Gasteiger partial charge in [-0.05, 0) is 37.5 Å². The van der Waals surface area contributed by atoms with Crippen LogP contribution in [0.2, 0.25) is 0 Å². The third-order valence-corrected chi connectivity index (χ3v) is 3.17. The number of hydrogen-bond donors (Lipinski definition) is 1. The molecule has 1 saturated carbocycles. The highest BCUT2D eigenvalue weighted by Gasteiger charge is 2.28. The van der Waals surface area contributed by atoms with Crippen molar-refractivity contribution in [3.8, 4) is 0 Å². The van der Waals surface area contributed by atoms with Crippen molar-refractivity contribution in [2.45, 2.75) is 32.6 Å². The fraction of sp³-hybridized carbons (Fsp3) is 0.900. The Morgan fingerprint density at radius 3 is 2.38 bits per heavy atom. The van der Waals surface area contributed by atoms with E-state index in [9.17, 15) is 9.18 Å². The summed E-state index contributed by atoms with van der Waals surface area (Å²) in [6.45, 7) is 1.63. The molecule has 1 aliphatic carbocycles. The van der Waals surface area contributed by atoms with E-state index in [2.05, 4.69) is 0 Å². The lowest BCUT2D eigenvalue weighted by Crippen LogP contribution is -2.25. The number of halogens is 1. The van der Waals surface area contributed by atoms with Crippen LogP contribution in [0.5, 0.6) is 0 Å². The first kappa shape index (κ1) is 10.5. The van der Waals surface area contributed by atoms with Crippen LogP contribution >= 0.6 is 0 Å². The second-order valence-corrected chi connectivity index (χ2v) is 4.08. The number of alkyl halides is 1. The largest absolute Gasteiger partial charge is 0.481 e. The van der Waals surface area contributed by atoms with Gasteiger partial charge in [-0.3, -0.25) is 9.18 Å². The van der Waals surface area contributed by atoms with Gasteiger partial charge in [-0.15, -0.1) is 0 Å². The van der Waals surface area contributed by atoms with Crippen LogP contribution in [0.25, 0.3) is 0 Å². The molecule has 13 heavy (non-hydrogen) atoms. The Balaban J connectivity index is 2.34. The van der Waals surface area contributed by atoms with Crippen LogP contribution < -0.4 is 0 Å². The summed E-state index contributed by atoms with van der Waals surface area (Å²) in [4.78, 5) is 10.6. The Kier molecular flexibility index (Phi) is 3.70. The molecule has 0 unspecified atom stereocenters. The minimum Gasteiger partial charge on any atom is -0.481 e. The minimum absolute atomic E-state index is 0.106. The Labute approximate surface area is 78.1 Å². The molecule has 2 nitrogen and oxygen atoms in total. The van der Waals surface area contributed by atoms with Crippen molar-refractivity contribution in [2.75, 3.05) is 6.67 Å². The van der Waals surface area contributed by atoms with Gasteiger partial charge in [-0.2, -0.15) is 0 Å². The molecule has 3 heteroatoms. The smallest absolute Gasteiger partial charge is 0.306 e. The number of carbonyl (C=O) groups is 1. The number of carboxylic acids is 1. The fourth-order valence-corrected chi connectivity index (χ4v) is 2.06. The standard InChI is InChI=1S/C10H17FO2/c1-7(6-11)8-2-4-9(5-3-8)10(12)13/h7-9H,2-6H2,1H3,(H,12,13)/t7-,8-,9-/m1/s1. The number of rotatable bonds is 3. The summed E-state index contributed by atoms with van der Waals surface area (Å²) in [6.07, 6.45) is 3.21. The third-order valence-electron chi connectivity index (χ3n) is 3.17. The van der Waals surface area contributed by atoms with E-state index in [1.807, 2.05) is 6.92 Å². The van der Waals surface area contributed by atoms with Crippen molar-refractivity contribution >= 4 is 5.97 Å². The number of hydrogen-bond acceptors (Lipinski definition) is 1. The molecule has 76 valence electrons. The first-order valence-electron chi connectivity index (χ1n) is 4.94. The van der Waals surface area contributed by atoms with Gasteiger partial charge >= 0.3 is 5.97 Å². The van der Waals surface area contributed by atoms with Crippen LogP contribution in [0.4, 0.5) is 4.39 Å². The second-order valence-electron chi connectivity index (χ2n) is 4.08. The fourth-order valence-electron chi connectivity index (χ4n) is 2.06. The van der Waals surface area contributed by atoms with E-state index in [0.29, 0.717) is 5.92 Å². The van der Waals surface area contributed by atoms with E-state index in [1.165, 1.54) is 0 Å². The summed E-state index contributed by atoms with van der Waals surface area (Å²) in [7, 11) is 0. The van der Waals surface area contributed by atoms with Crippen molar-refractivity contribution in [2.24, 2.45) is 17.8 Å². The van der Waals surface area contributed by atoms with Gasteiger partial charge in [0.1, 0.15) is 0 Å². The van der Waals surface area contributed by atoms with Crippen LogP contribution in [-0.4, -0.2) is 17.8 Å². The zero-order chi connectivity index (χ0) is 9.84. The van der Waals surface area contributed by atoms with Gasteiger partial charge in [0, 0.05) is 0 Å². The SMILES string of the molecule is C[C@H](CF)[C@H]1CC[C@H](C(=O)O)CC1. The van der Waals surface area contributed by atoms with E-state index in [-0.39, 0.29) is 18.5 Å². The Hall–Kier alpha value is -0.600. The van der Waals surface area contributed by atoms with Crippen molar-refractivity contribution < 1.29 is 14.3 Å². The van der Waals surface area contributed by atoms with Crippen LogP contribution in [0, 0.1) is 17.8 Å². The summed E-state index contributed by atoms with van der Waals surface area (Å²) < 4.78 is 12.3. The van der Waals surface area contributed by atoms with Crippen molar-refractivity contribution in [3.63, 3.8) is 0 Å². The lowest BCUT2D eigenvalue weighted by molar-refractivity contribution is -0.143. The maximum Gasteiger partial charge on any atom is 0.306 e. The molecule has 1 aliphatic rings. The quantitative estimate of drug-likeness (QED) is 0.738. The van der Waals surface area contributed by atoms with E-state index >= 15 is 0 Å². The monoisotopic (exact) mass is 188 g/mol. The van der Waals surface area contributed by atoms with Gasteiger partial charge in [0.25, 0.3) is 0 Å². The van der Waals surface area contributed by atoms with Crippen LogP contribution in [0.15, 0.2) is 0 Å². The zero-order valence-electron chi connectivity index (χ0n) is 8.00. The van der Waals surface area contributed by atoms with E-state index in [0.717, 1.165) is 25.7 Å². The van der Waals surface area contributed by atoms with Crippen molar-refractivity contribution in [1.82, 2.24) is 0 Å². The molecule has 0 aromatic heterocycles. The minimum atomic E-state index is -0.689. The van der Waals surface area contributed by atoms with Crippen LogP contribution in [0.1, 0.15) is 32.6 Å². The molecule has 0 spiro atoms. The van der Waals surface area contributed by atoms with Crippen LogP contribution in [-0.2, 0) is 4.79 Å². The van der Waals surface area contributed by atoms with Crippen molar-refractivity contribution in [1.29, 1.82) is 0 Å². The molecule has 1 atom stereocenters. The Bertz CT molecular complexity index is 174. The summed E-state index contributed by atoms with van der Waals surface area (Å²) in [5.41, 5.74) is 0. The average molecular weight is 188 g/mol. The highest BCUT2D eigenvalue weighted by Crippen LogP contribution is 2.33. The molecule has 0 aliphatic heterocycles. The molecule has 0 aromatic carbocycles. The third kappa shape index (κ3) is 2.68. The molecule has 0 radical (unpaired) electrons. The first-order chi connectivity index (χ1) is 6.15. The number of aliphatic carboxylic acids is 1. The summed E-state index contributed by atoms with van der Waals surface area (Å²) in [5.74, 6) is -0.357. The topological polar surface area (TPSA) is 37.3 Å². The van der Waals surface area contributed by atoms with Gasteiger partial charge in [-0.25, -0.2) is 0 Å². The van der Waals surface area contributed by atoms with E-state index < -0.39 is 5.97 Å². The zero-order valence-corrected chi connectivity index (χ0v) is 8.00. The first-order valence-corrected chi connectivity index (χ1v) is 4.94. The molecular formula is C10H17FO2. The summed E-state index contributed by atoms with van der Waals surface area (Å²) >= 11 is 0. The van der Waals surface area contributed by atoms with Crippen molar-refractivity contribution in [3.05, 3.63) is 0 Å². The van der Waals surface area contributed by atoms with Crippen LogP contribution in [0.3, 0.4) is 0 Å². The maximum absolute atomic E-state index is 12.3. The molecule has 0 bridgehead atoms. The predicted octanol–water partition coefficient (Wildman–Crippen LogP) is 2.48. The highest BCUT2D eigenvalue weighted by atomic mass is 19.1. The van der Waals surface area contributed by atoms with E-state index in [4.69, 9.17) is 5.11 Å². The molecule has 1 N–H and O–H groups in total. The second kappa shape index (κ2) is 4.58. The lowest BCUT2D eigenvalue weighted by atomic mass is 9.77. The van der Waals surface area contributed by atoms with Gasteiger partial charge in [0.05, 0.1) is 12.6 Å². The van der Waals surface area contributed by atoms with E-state index in [1.54, 1.807) is 0 Å². The van der Waals surface area contributed by atoms with Gasteiger partial charge in [-0.1, -0.05) is 6.92 Å². The summed E-state index contributed by atoms with van der Waals surface area (Å²) in [6, 6.07) is 0. The molecular weight excluding hydrogens is 171 g/mol. The number of carboxylic acid groups (broad SMARTS) is 1. The maximum atomic E-state index is 12.3. The van der Waals surface area contributed by atoms with Gasteiger partial charge in [0.2, 0.25) is 0 Å². The average Bonchev–Trinajstić information content (AvgIpc) is 2.17. The summed E-state index contributed by atoms with van der Waals surface area (Å²) in [5, 5.41) is 8.75. The van der Waals surface area contributed by atoms with Gasteiger partial charge < -0.3 is 5.11 Å². The molecule has 1 fully saturated rings. The molecule has 0 saturated heterocycles. The molecule has 0 aromatic rings. The Morgan fingerprint density at radius 1 is 1.46 bits per heavy atom. The molecule has 0 heterocycles. The normalized spacial score (nSPS) is 31.2. The lowest BCUT2D eigenvalue weighted by Gasteiger charge is -2.29. The molecule has 1 rings (SSSR count).